The summed E-state index contributed by atoms with van der Waals surface area (Å²) in [6.07, 6.45) is 4.32. The van der Waals surface area contributed by atoms with Crippen LogP contribution in [0.25, 0.3) is 0 Å². The molecule has 1 heterocycles. The number of hydrogen-bond acceptors (Lipinski definition) is 3. The van der Waals surface area contributed by atoms with Gasteiger partial charge in [0.2, 0.25) is 0 Å². The second-order valence-corrected chi connectivity index (χ2v) is 4.63. The van der Waals surface area contributed by atoms with Gasteiger partial charge in [-0.15, -0.1) is 0 Å². The minimum atomic E-state index is -0.331. The van der Waals surface area contributed by atoms with Crippen molar-refractivity contribution < 1.29 is 9.18 Å². The van der Waals surface area contributed by atoms with Crippen molar-refractivity contribution in [2.24, 2.45) is 5.10 Å². The lowest BCUT2D eigenvalue weighted by Crippen LogP contribution is -2.19. The van der Waals surface area contributed by atoms with Gasteiger partial charge in [0.05, 0.1) is 6.21 Å². The van der Waals surface area contributed by atoms with Crippen LogP contribution < -0.4 is 5.43 Å². The van der Waals surface area contributed by atoms with Crippen LogP contribution in [0.5, 0.6) is 0 Å². The average Bonchev–Trinajstić information content (AvgIpc) is 3.03. The van der Waals surface area contributed by atoms with E-state index in [1.165, 1.54) is 18.3 Å². The van der Waals surface area contributed by atoms with Crippen LogP contribution in [0.15, 0.2) is 29.4 Å². The zero-order valence-electron chi connectivity index (χ0n) is 10.7. The van der Waals surface area contributed by atoms with Gasteiger partial charge in [-0.2, -0.15) is 10.2 Å². The number of rotatable bonds is 3. The molecule has 1 aromatic carbocycles. The fourth-order valence-corrected chi connectivity index (χ4v) is 2.27. The number of hydrazone groups is 1. The van der Waals surface area contributed by atoms with Crippen molar-refractivity contribution in [2.75, 3.05) is 0 Å². The highest BCUT2D eigenvalue weighted by molar-refractivity contribution is 5.94. The first-order chi connectivity index (χ1) is 9.74. The van der Waals surface area contributed by atoms with Gasteiger partial charge in [0.25, 0.3) is 5.91 Å². The maximum absolute atomic E-state index is 12.7. The van der Waals surface area contributed by atoms with Crippen molar-refractivity contribution in [3.05, 3.63) is 52.6 Å². The molecular formula is C14H13FN4O. The Bertz CT molecular complexity index is 660. The zero-order valence-corrected chi connectivity index (χ0v) is 10.7. The topological polar surface area (TPSA) is 70.1 Å². The van der Waals surface area contributed by atoms with Crippen molar-refractivity contribution in [1.82, 2.24) is 15.6 Å². The fraction of sp³-hybridized carbons (Fsp3) is 0.214. The lowest BCUT2D eigenvalue weighted by atomic mass is 10.2. The van der Waals surface area contributed by atoms with E-state index in [1.54, 1.807) is 12.1 Å². The van der Waals surface area contributed by atoms with E-state index in [-0.39, 0.29) is 11.7 Å². The van der Waals surface area contributed by atoms with E-state index in [1.807, 2.05) is 0 Å². The molecule has 0 saturated carbocycles. The van der Waals surface area contributed by atoms with Gasteiger partial charge in [-0.3, -0.25) is 9.89 Å². The van der Waals surface area contributed by atoms with Gasteiger partial charge in [-0.1, -0.05) is 12.1 Å². The van der Waals surface area contributed by atoms with Gasteiger partial charge in [0.1, 0.15) is 5.82 Å². The molecule has 0 bridgehead atoms. The maximum atomic E-state index is 12.7. The second kappa shape index (κ2) is 5.24. The van der Waals surface area contributed by atoms with Crippen molar-refractivity contribution in [1.29, 1.82) is 0 Å². The molecule has 2 aromatic rings. The highest BCUT2D eigenvalue weighted by Gasteiger charge is 2.22. The largest absolute Gasteiger partial charge is 0.292 e. The predicted octanol–water partition coefficient (Wildman–Crippen LogP) is 1.80. The number of fused-ring (bicyclic) bond motifs is 1. The highest BCUT2D eigenvalue weighted by atomic mass is 19.1. The number of aromatic nitrogens is 2. The molecule has 0 spiro atoms. The molecule has 1 amide bonds. The molecule has 1 aliphatic rings. The van der Waals surface area contributed by atoms with E-state index in [2.05, 4.69) is 20.7 Å². The summed E-state index contributed by atoms with van der Waals surface area (Å²) in [5.41, 5.74) is 5.58. The Hall–Kier alpha value is -2.50. The van der Waals surface area contributed by atoms with Crippen LogP contribution in [0.3, 0.4) is 0 Å². The van der Waals surface area contributed by atoms with Crippen molar-refractivity contribution >= 4 is 12.1 Å². The minimum Gasteiger partial charge on any atom is -0.281 e. The first-order valence-electron chi connectivity index (χ1n) is 6.39. The summed E-state index contributed by atoms with van der Waals surface area (Å²) in [5.74, 6) is -0.638. The molecule has 2 N–H and O–H groups in total. The van der Waals surface area contributed by atoms with Crippen LogP contribution >= 0.6 is 0 Å². The Labute approximate surface area is 114 Å². The third kappa shape index (κ3) is 2.45. The number of halogens is 1. The molecular weight excluding hydrogens is 259 g/mol. The number of hydrogen-bond donors (Lipinski definition) is 2. The third-order valence-corrected chi connectivity index (χ3v) is 3.27. The van der Waals surface area contributed by atoms with Crippen LogP contribution in [-0.4, -0.2) is 22.3 Å². The summed E-state index contributed by atoms with van der Waals surface area (Å²) < 4.78 is 12.7. The number of nitrogens with one attached hydrogen (secondary N) is 2. The fourth-order valence-electron chi connectivity index (χ4n) is 2.27. The first kappa shape index (κ1) is 12.5. The molecule has 0 fully saturated rings. The predicted molar refractivity (Wildman–Crippen MR) is 72.1 cm³/mol. The number of carbonyl (C=O) groups is 1. The van der Waals surface area contributed by atoms with Gasteiger partial charge >= 0.3 is 0 Å². The molecule has 6 heteroatoms. The average molecular weight is 272 g/mol. The molecule has 20 heavy (non-hydrogen) atoms. The first-order valence-corrected chi connectivity index (χ1v) is 6.39. The normalized spacial score (nSPS) is 13.7. The molecule has 3 rings (SSSR count). The Balaban J connectivity index is 1.66. The Morgan fingerprint density at radius 2 is 2.15 bits per heavy atom. The SMILES string of the molecule is O=C(N/N=C\c1ccc(F)cc1)c1n[nH]c2c1CCC2. The van der Waals surface area contributed by atoms with E-state index in [4.69, 9.17) is 0 Å². The van der Waals surface area contributed by atoms with Crippen LogP contribution in [0, 0.1) is 5.82 Å². The third-order valence-electron chi connectivity index (χ3n) is 3.27. The monoisotopic (exact) mass is 272 g/mol. The summed E-state index contributed by atoms with van der Waals surface area (Å²) in [5, 5.41) is 10.7. The molecule has 102 valence electrons. The van der Waals surface area contributed by atoms with Gasteiger partial charge in [0.15, 0.2) is 5.69 Å². The maximum Gasteiger partial charge on any atom is 0.292 e. The van der Waals surface area contributed by atoms with Gasteiger partial charge in [-0.25, -0.2) is 9.82 Å². The molecule has 1 aromatic heterocycles. The Kier molecular flexibility index (Phi) is 3.28. The summed E-state index contributed by atoms with van der Waals surface area (Å²) in [4.78, 5) is 11.9. The zero-order chi connectivity index (χ0) is 13.9. The number of H-pyrrole nitrogens is 1. The number of benzene rings is 1. The minimum absolute atomic E-state index is 0.307. The quantitative estimate of drug-likeness (QED) is 0.660. The molecule has 0 atom stereocenters. The second-order valence-electron chi connectivity index (χ2n) is 4.63. The molecule has 0 aliphatic heterocycles. The number of amides is 1. The van der Waals surface area contributed by atoms with Crippen LogP contribution in [0.4, 0.5) is 4.39 Å². The lowest BCUT2D eigenvalue weighted by Gasteiger charge is -1.98. The van der Waals surface area contributed by atoms with Gasteiger partial charge < -0.3 is 0 Å². The van der Waals surface area contributed by atoms with E-state index in [0.29, 0.717) is 11.3 Å². The number of aryl methyl sites for hydroxylation is 1. The van der Waals surface area contributed by atoms with Gasteiger partial charge in [-0.05, 0) is 37.0 Å². The molecule has 0 saturated heterocycles. The van der Waals surface area contributed by atoms with Crippen LogP contribution in [-0.2, 0) is 12.8 Å². The number of nitrogens with zero attached hydrogens (tertiary/aromatic N) is 2. The number of aromatic amines is 1. The van der Waals surface area contributed by atoms with Crippen molar-refractivity contribution in [2.45, 2.75) is 19.3 Å². The summed E-state index contributed by atoms with van der Waals surface area (Å²) in [6, 6.07) is 5.84. The Morgan fingerprint density at radius 1 is 1.35 bits per heavy atom. The van der Waals surface area contributed by atoms with E-state index in [0.717, 1.165) is 30.5 Å². The van der Waals surface area contributed by atoms with Crippen LogP contribution in [0.2, 0.25) is 0 Å². The van der Waals surface area contributed by atoms with Crippen LogP contribution in [0.1, 0.15) is 33.7 Å². The van der Waals surface area contributed by atoms with E-state index < -0.39 is 0 Å². The van der Waals surface area contributed by atoms with E-state index >= 15 is 0 Å². The highest BCUT2D eigenvalue weighted by Crippen LogP contribution is 2.22. The number of carbonyl (C=O) groups excluding carboxylic acids is 1. The summed E-state index contributed by atoms with van der Waals surface area (Å²) >= 11 is 0. The molecule has 0 radical (unpaired) electrons. The molecule has 1 aliphatic carbocycles. The summed E-state index contributed by atoms with van der Waals surface area (Å²) in [7, 11) is 0. The summed E-state index contributed by atoms with van der Waals surface area (Å²) in [6.45, 7) is 0. The molecule has 0 unspecified atom stereocenters. The lowest BCUT2D eigenvalue weighted by molar-refractivity contribution is 0.0949. The van der Waals surface area contributed by atoms with Crippen molar-refractivity contribution in [3.63, 3.8) is 0 Å². The molecule has 5 nitrogen and oxygen atoms in total. The Morgan fingerprint density at radius 3 is 2.95 bits per heavy atom. The van der Waals surface area contributed by atoms with Gasteiger partial charge in [0, 0.05) is 11.3 Å². The van der Waals surface area contributed by atoms with E-state index in [9.17, 15) is 9.18 Å². The smallest absolute Gasteiger partial charge is 0.281 e. The standard InChI is InChI=1S/C14H13FN4O/c15-10-6-4-9(5-7-10)8-16-19-14(20)13-11-2-1-3-12(11)17-18-13/h4-8H,1-3H2,(H,17,18)(H,19,20)/b16-8-. The van der Waals surface area contributed by atoms with Crippen molar-refractivity contribution in [3.8, 4) is 0 Å².